The van der Waals surface area contributed by atoms with Gasteiger partial charge in [-0.2, -0.15) is 0 Å². The van der Waals surface area contributed by atoms with Crippen LogP contribution in [0.2, 0.25) is 0 Å². The van der Waals surface area contributed by atoms with Crippen LogP contribution in [-0.4, -0.2) is 38.8 Å². The Labute approximate surface area is 184 Å². The number of nitrogens with zero attached hydrogens (tertiary/aromatic N) is 2. The van der Waals surface area contributed by atoms with Crippen LogP contribution in [0.15, 0.2) is 52.4 Å². The van der Waals surface area contributed by atoms with Crippen molar-refractivity contribution < 1.29 is 21.6 Å². The van der Waals surface area contributed by atoms with Gasteiger partial charge in [0.05, 0.1) is 12.2 Å². The van der Waals surface area contributed by atoms with Crippen LogP contribution in [0.5, 0.6) is 0 Å². The predicted molar refractivity (Wildman–Crippen MR) is 116 cm³/mol. The van der Waals surface area contributed by atoms with Gasteiger partial charge in [-0.05, 0) is 55.8 Å². The molecule has 2 aliphatic heterocycles. The molecule has 0 atom stereocenters. The van der Waals surface area contributed by atoms with Gasteiger partial charge in [0.2, 0.25) is 0 Å². The molecule has 170 valence electrons. The van der Waals surface area contributed by atoms with Crippen LogP contribution < -0.4 is 10.0 Å². The molecule has 0 spiro atoms. The number of hydrogen-bond acceptors (Lipinski definition) is 5. The summed E-state index contributed by atoms with van der Waals surface area (Å²) in [6.45, 7) is 2.70. The predicted octanol–water partition coefficient (Wildman–Crippen LogP) is 3.56. The number of amidine groups is 1. The molecular formula is C22H23F3N4O2S. The number of benzene rings is 2. The lowest BCUT2D eigenvalue weighted by atomic mass is 10.1. The molecule has 0 radical (unpaired) electrons. The van der Waals surface area contributed by atoms with E-state index in [9.17, 15) is 21.6 Å². The SMILES string of the molecule is O=S(=O)(NC1=NCC=C1)c1ccc(NCc2c(F)cccc2CN2CCCC2)c(F)c1F. The summed E-state index contributed by atoms with van der Waals surface area (Å²) in [5.41, 5.74) is 0.882. The Morgan fingerprint density at radius 3 is 2.53 bits per heavy atom. The number of hydrogen-bond donors (Lipinski definition) is 2. The lowest BCUT2D eigenvalue weighted by Crippen LogP contribution is -2.29. The summed E-state index contributed by atoms with van der Waals surface area (Å²) in [5.74, 6) is -3.26. The third kappa shape index (κ3) is 4.81. The van der Waals surface area contributed by atoms with Crippen molar-refractivity contribution in [3.8, 4) is 0 Å². The Kier molecular flexibility index (Phi) is 6.52. The van der Waals surface area contributed by atoms with Crippen molar-refractivity contribution in [2.45, 2.75) is 30.8 Å². The van der Waals surface area contributed by atoms with E-state index in [0.29, 0.717) is 18.7 Å². The van der Waals surface area contributed by atoms with Gasteiger partial charge in [-0.1, -0.05) is 18.2 Å². The summed E-state index contributed by atoms with van der Waals surface area (Å²) in [4.78, 5) is 5.27. The van der Waals surface area contributed by atoms with Crippen LogP contribution in [0.3, 0.4) is 0 Å². The number of sulfonamides is 1. The fourth-order valence-electron chi connectivity index (χ4n) is 3.82. The molecule has 2 aromatic carbocycles. The molecule has 0 aliphatic carbocycles. The Hall–Kier alpha value is -2.85. The van der Waals surface area contributed by atoms with E-state index in [-0.39, 0.29) is 18.1 Å². The normalized spacial score (nSPS) is 16.4. The number of anilines is 1. The molecule has 2 N–H and O–H groups in total. The second kappa shape index (κ2) is 9.33. The summed E-state index contributed by atoms with van der Waals surface area (Å²) < 4.78 is 70.7. The van der Waals surface area contributed by atoms with Crippen molar-refractivity contribution in [2.24, 2.45) is 4.99 Å². The van der Waals surface area contributed by atoms with E-state index in [4.69, 9.17) is 0 Å². The first-order valence-corrected chi connectivity index (χ1v) is 11.8. The Morgan fingerprint density at radius 1 is 1.03 bits per heavy atom. The van der Waals surface area contributed by atoms with E-state index in [1.165, 1.54) is 12.1 Å². The third-order valence-electron chi connectivity index (χ3n) is 5.48. The average molecular weight is 465 g/mol. The maximum atomic E-state index is 14.7. The summed E-state index contributed by atoms with van der Waals surface area (Å²) in [5, 5.41) is 2.70. The molecule has 0 unspecified atom stereocenters. The van der Waals surface area contributed by atoms with Gasteiger partial charge in [-0.25, -0.2) is 21.6 Å². The monoisotopic (exact) mass is 464 g/mol. The molecule has 32 heavy (non-hydrogen) atoms. The average Bonchev–Trinajstić information content (AvgIpc) is 3.44. The quantitative estimate of drug-likeness (QED) is 0.657. The number of aliphatic imine (C=N–C) groups is 1. The first-order chi connectivity index (χ1) is 15.3. The van der Waals surface area contributed by atoms with E-state index in [1.54, 1.807) is 12.1 Å². The molecule has 0 saturated carbocycles. The number of nitrogens with one attached hydrogen (secondary N) is 2. The van der Waals surface area contributed by atoms with Crippen molar-refractivity contribution in [3.05, 3.63) is 71.1 Å². The van der Waals surface area contributed by atoms with Crippen molar-refractivity contribution in [1.82, 2.24) is 9.62 Å². The van der Waals surface area contributed by atoms with Gasteiger partial charge in [0, 0.05) is 18.7 Å². The largest absolute Gasteiger partial charge is 0.378 e. The minimum atomic E-state index is -4.35. The minimum Gasteiger partial charge on any atom is -0.378 e. The van der Waals surface area contributed by atoms with Crippen LogP contribution in [0.25, 0.3) is 0 Å². The van der Waals surface area contributed by atoms with Crippen molar-refractivity contribution in [3.63, 3.8) is 0 Å². The minimum absolute atomic E-state index is 0.0529. The standard InChI is InChI=1S/C22H23F3N4O2S/c23-17-6-3-5-15(14-29-11-1-2-12-29)16(17)13-27-18-8-9-19(22(25)21(18)24)32(30,31)28-20-7-4-10-26-20/h3-9,27H,1-2,10-14H2,(H,26,28). The first-order valence-electron chi connectivity index (χ1n) is 10.3. The van der Waals surface area contributed by atoms with Crippen LogP contribution in [0.1, 0.15) is 24.0 Å². The topological polar surface area (TPSA) is 73.8 Å². The molecule has 2 heterocycles. The van der Waals surface area contributed by atoms with Crippen LogP contribution in [0, 0.1) is 17.5 Å². The van der Waals surface area contributed by atoms with Gasteiger partial charge in [-0.3, -0.25) is 14.6 Å². The van der Waals surface area contributed by atoms with E-state index in [2.05, 4.69) is 19.9 Å². The van der Waals surface area contributed by atoms with Crippen molar-refractivity contribution in [2.75, 3.05) is 25.0 Å². The highest BCUT2D eigenvalue weighted by Crippen LogP contribution is 2.26. The van der Waals surface area contributed by atoms with Crippen molar-refractivity contribution in [1.29, 1.82) is 0 Å². The molecule has 0 bridgehead atoms. The highest BCUT2D eigenvalue weighted by Gasteiger charge is 2.25. The lowest BCUT2D eigenvalue weighted by Gasteiger charge is -2.19. The molecule has 4 rings (SSSR count). The van der Waals surface area contributed by atoms with E-state index in [1.807, 2.05) is 6.07 Å². The van der Waals surface area contributed by atoms with Gasteiger partial charge in [0.1, 0.15) is 16.5 Å². The summed E-state index contributed by atoms with van der Waals surface area (Å²) in [7, 11) is -4.35. The number of halogens is 3. The maximum absolute atomic E-state index is 14.7. The van der Waals surface area contributed by atoms with E-state index in [0.717, 1.165) is 43.6 Å². The van der Waals surface area contributed by atoms with E-state index >= 15 is 0 Å². The molecule has 2 aromatic rings. The number of likely N-dealkylation sites (tertiary alicyclic amines) is 1. The van der Waals surface area contributed by atoms with Crippen LogP contribution in [0.4, 0.5) is 18.9 Å². The molecule has 10 heteroatoms. The van der Waals surface area contributed by atoms with Gasteiger partial charge in [0.15, 0.2) is 11.6 Å². The summed E-state index contributed by atoms with van der Waals surface area (Å²) in [6, 6.07) is 6.86. The van der Waals surface area contributed by atoms with Crippen LogP contribution in [-0.2, 0) is 23.1 Å². The van der Waals surface area contributed by atoms with Gasteiger partial charge in [0.25, 0.3) is 10.0 Å². The van der Waals surface area contributed by atoms with E-state index < -0.39 is 32.4 Å². The van der Waals surface area contributed by atoms with Gasteiger partial charge in [-0.15, -0.1) is 0 Å². The third-order valence-corrected chi connectivity index (χ3v) is 6.85. The Bertz CT molecular complexity index is 1180. The van der Waals surface area contributed by atoms with Crippen LogP contribution >= 0.6 is 0 Å². The highest BCUT2D eigenvalue weighted by atomic mass is 32.2. The van der Waals surface area contributed by atoms with Gasteiger partial charge >= 0.3 is 0 Å². The molecule has 6 nitrogen and oxygen atoms in total. The Morgan fingerprint density at radius 2 is 1.81 bits per heavy atom. The Balaban J connectivity index is 1.52. The molecular weight excluding hydrogens is 441 g/mol. The molecule has 0 aromatic heterocycles. The van der Waals surface area contributed by atoms with Crippen molar-refractivity contribution >= 4 is 21.5 Å². The maximum Gasteiger partial charge on any atom is 0.266 e. The zero-order valence-electron chi connectivity index (χ0n) is 17.2. The first kappa shape index (κ1) is 22.3. The second-order valence-electron chi connectivity index (χ2n) is 7.69. The summed E-state index contributed by atoms with van der Waals surface area (Å²) >= 11 is 0. The molecule has 2 aliphatic rings. The fraction of sp³-hybridized carbons (Fsp3) is 0.318. The smallest absolute Gasteiger partial charge is 0.266 e. The zero-order chi connectivity index (χ0) is 22.7. The summed E-state index contributed by atoms with van der Waals surface area (Å²) in [6.07, 6.45) is 5.26. The zero-order valence-corrected chi connectivity index (χ0v) is 18.1. The fourth-order valence-corrected chi connectivity index (χ4v) is 4.91. The lowest BCUT2D eigenvalue weighted by molar-refractivity contribution is 0.329. The molecule has 1 fully saturated rings. The highest BCUT2D eigenvalue weighted by molar-refractivity contribution is 7.90. The number of rotatable bonds is 7. The molecule has 1 saturated heterocycles. The molecule has 0 amide bonds. The second-order valence-corrected chi connectivity index (χ2v) is 9.34. The van der Waals surface area contributed by atoms with Gasteiger partial charge < -0.3 is 5.32 Å².